The van der Waals surface area contributed by atoms with Crippen LogP contribution in [-0.4, -0.2) is 30.6 Å². The van der Waals surface area contributed by atoms with Crippen LogP contribution < -0.4 is 15.5 Å². The lowest BCUT2D eigenvalue weighted by molar-refractivity contribution is 0.248. The molecular weight excluding hydrogens is 368 g/mol. The Kier molecular flexibility index (Phi) is 5.48. The molecule has 4 rings (SSSR count). The van der Waals surface area contributed by atoms with E-state index in [1.807, 2.05) is 24.3 Å². The molecule has 2 heterocycles. The highest BCUT2D eigenvalue weighted by molar-refractivity contribution is 7.22. The Morgan fingerprint density at radius 2 is 1.93 bits per heavy atom. The maximum Gasteiger partial charge on any atom is 0.319 e. The molecule has 1 saturated heterocycles. The molecule has 2 amide bonds. The molecule has 1 aromatic heterocycles. The number of amides is 2. The minimum atomic E-state index is -0.128. The van der Waals surface area contributed by atoms with Crippen LogP contribution in [0.5, 0.6) is 0 Å². The molecule has 0 unspecified atom stereocenters. The van der Waals surface area contributed by atoms with Gasteiger partial charge in [-0.2, -0.15) is 0 Å². The number of nitrogens with zero attached hydrogens (tertiary/aromatic N) is 2. The van der Waals surface area contributed by atoms with Crippen LogP contribution in [-0.2, 0) is 0 Å². The van der Waals surface area contributed by atoms with E-state index in [2.05, 4.69) is 47.6 Å². The van der Waals surface area contributed by atoms with Gasteiger partial charge in [-0.3, -0.25) is 0 Å². The summed E-state index contributed by atoms with van der Waals surface area (Å²) in [7, 11) is 0. The summed E-state index contributed by atoms with van der Waals surface area (Å²) in [6.45, 7) is 6.82. The van der Waals surface area contributed by atoms with Crippen LogP contribution in [0.15, 0.2) is 42.5 Å². The van der Waals surface area contributed by atoms with Crippen molar-refractivity contribution in [2.75, 3.05) is 29.9 Å². The quantitative estimate of drug-likeness (QED) is 0.658. The van der Waals surface area contributed by atoms with E-state index < -0.39 is 0 Å². The lowest BCUT2D eigenvalue weighted by atomic mass is 9.97. The van der Waals surface area contributed by atoms with Gasteiger partial charge in [-0.1, -0.05) is 29.5 Å². The first-order valence-electron chi connectivity index (χ1n) is 9.81. The zero-order valence-electron chi connectivity index (χ0n) is 16.4. The fourth-order valence-electron chi connectivity index (χ4n) is 3.56. The summed E-state index contributed by atoms with van der Waals surface area (Å²) < 4.78 is 1.24. The predicted octanol–water partition coefficient (Wildman–Crippen LogP) is 4.95. The van der Waals surface area contributed by atoms with E-state index in [-0.39, 0.29) is 6.03 Å². The first-order valence-corrected chi connectivity index (χ1v) is 10.6. The summed E-state index contributed by atoms with van der Waals surface area (Å²) in [6, 6.07) is 14.1. The fourth-order valence-corrected chi connectivity index (χ4v) is 4.57. The summed E-state index contributed by atoms with van der Waals surface area (Å²) >= 11 is 1.76. The lowest BCUT2D eigenvalue weighted by Gasteiger charge is -2.31. The molecule has 0 bridgehead atoms. The van der Waals surface area contributed by atoms with Crippen molar-refractivity contribution < 1.29 is 4.79 Å². The van der Waals surface area contributed by atoms with Crippen LogP contribution in [0.2, 0.25) is 0 Å². The van der Waals surface area contributed by atoms with Crippen molar-refractivity contribution in [1.82, 2.24) is 10.3 Å². The van der Waals surface area contributed by atoms with Gasteiger partial charge < -0.3 is 15.5 Å². The van der Waals surface area contributed by atoms with Gasteiger partial charge in [0.2, 0.25) is 0 Å². The molecule has 146 valence electrons. The molecule has 0 atom stereocenters. The van der Waals surface area contributed by atoms with Crippen molar-refractivity contribution in [1.29, 1.82) is 0 Å². The van der Waals surface area contributed by atoms with Gasteiger partial charge in [0.25, 0.3) is 0 Å². The highest BCUT2D eigenvalue weighted by Gasteiger charge is 2.22. The summed E-state index contributed by atoms with van der Waals surface area (Å²) in [6.07, 6.45) is 2.14. The number of rotatable bonds is 4. The van der Waals surface area contributed by atoms with Crippen LogP contribution in [0.25, 0.3) is 10.2 Å². The molecule has 0 spiro atoms. The van der Waals surface area contributed by atoms with Crippen LogP contribution >= 0.6 is 11.3 Å². The molecule has 3 aromatic rings. The molecule has 0 radical (unpaired) electrons. The zero-order valence-corrected chi connectivity index (χ0v) is 17.2. The zero-order chi connectivity index (χ0) is 19.5. The maximum atomic E-state index is 12.2. The van der Waals surface area contributed by atoms with E-state index >= 15 is 0 Å². The highest BCUT2D eigenvalue weighted by Crippen LogP contribution is 2.31. The Balaban J connectivity index is 1.25. The third-order valence-electron chi connectivity index (χ3n) is 5.48. The van der Waals surface area contributed by atoms with Crippen LogP contribution in [0, 0.1) is 19.8 Å². The number of hydrogen-bond acceptors (Lipinski definition) is 4. The van der Waals surface area contributed by atoms with Gasteiger partial charge in [-0.05, 0) is 68.0 Å². The first-order chi connectivity index (χ1) is 13.6. The van der Waals surface area contributed by atoms with Crippen molar-refractivity contribution in [3.8, 4) is 0 Å². The Hall–Kier alpha value is -2.60. The fraction of sp³-hybridized carbons (Fsp3) is 0.364. The van der Waals surface area contributed by atoms with E-state index in [1.54, 1.807) is 11.3 Å². The number of fused-ring (bicyclic) bond motifs is 1. The van der Waals surface area contributed by atoms with Crippen LogP contribution in [0.3, 0.4) is 0 Å². The van der Waals surface area contributed by atoms with Gasteiger partial charge in [-0.25, -0.2) is 9.78 Å². The molecule has 28 heavy (non-hydrogen) atoms. The molecule has 6 heteroatoms. The van der Waals surface area contributed by atoms with Crippen molar-refractivity contribution in [2.24, 2.45) is 5.92 Å². The molecule has 1 aliphatic rings. The summed E-state index contributed by atoms with van der Waals surface area (Å²) in [5, 5.41) is 7.07. The van der Waals surface area contributed by atoms with E-state index in [1.165, 1.54) is 15.8 Å². The van der Waals surface area contributed by atoms with Crippen molar-refractivity contribution >= 4 is 38.4 Å². The molecule has 0 aliphatic carbocycles. The predicted molar refractivity (Wildman–Crippen MR) is 117 cm³/mol. The standard InChI is InChI=1S/C22H26N4OS/c1-15-7-8-18(13-16(15)2)24-21(27)23-14-17-9-11-26(12-10-17)22-25-19-5-3-4-6-20(19)28-22/h3-8,13,17H,9-12,14H2,1-2H3,(H2,23,24,27). The second-order valence-corrected chi connectivity index (χ2v) is 8.54. The second kappa shape index (κ2) is 8.19. The molecular formula is C22H26N4OS. The number of aromatic nitrogens is 1. The van der Waals surface area contributed by atoms with E-state index in [4.69, 9.17) is 4.98 Å². The van der Waals surface area contributed by atoms with Gasteiger partial charge >= 0.3 is 6.03 Å². The molecule has 0 saturated carbocycles. The Morgan fingerprint density at radius 1 is 1.14 bits per heavy atom. The molecule has 2 aromatic carbocycles. The third-order valence-corrected chi connectivity index (χ3v) is 6.58. The summed E-state index contributed by atoms with van der Waals surface area (Å²) in [4.78, 5) is 19.3. The SMILES string of the molecule is Cc1ccc(NC(=O)NCC2CCN(c3nc4ccccc4s3)CC2)cc1C. The van der Waals surface area contributed by atoms with E-state index in [0.717, 1.165) is 42.3 Å². The summed E-state index contributed by atoms with van der Waals surface area (Å²) in [5.74, 6) is 0.510. The van der Waals surface area contributed by atoms with Crippen LogP contribution in [0.1, 0.15) is 24.0 Å². The van der Waals surface area contributed by atoms with Gasteiger partial charge in [0.05, 0.1) is 10.2 Å². The lowest BCUT2D eigenvalue weighted by Crippen LogP contribution is -2.39. The number of nitrogens with one attached hydrogen (secondary N) is 2. The monoisotopic (exact) mass is 394 g/mol. The molecule has 5 nitrogen and oxygen atoms in total. The Morgan fingerprint density at radius 3 is 2.68 bits per heavy atom. The highest BCUT2D eigenvalue weighted by atomic mass is 32.1. The number of hydrogen-bond donors (Lipinski definition) is 2. The second-order valence-electron chi connectivity index (χ2n) is 7.53. The average molecular weight is 395 g/mol. The largest absolute Gasteiger partial charge is 0.348 e. The number of aryl methyl sites for hydroxylation is 2. The Labute approximate surface area is 169 Å². The Bertz CT molecular complexity index is 943. The van der Waals surface area contributed by atoms with Crippen LogP contribution in [0.4, 0.5) is 15.6 Å². The third kappa shape index (κ3) is 4.28. The average Bonchev–Trinajstić information content (AvgIpc) is 3.14. The first kappa shape index (κ1) is 18.7. The number of piperidine rings is 1. The van der Waals surface area contributed by atoms with E-state index in [0.29, 0.717) is 12.5 Å². The number of benzene rings is 2. The number of thiazole rings is 1. The normalized spacial score (nSPS) is 15.0. The smallest absolute Gasteiger partial charge is 0.319 e. The number of anilines is 2. The summed E-state index contributed by atoms with van der Waals surface area (Å²) in [5.41, 5.74) is 4.33. The van der Waals surface area contributed by atoms with Crippen molar-refractivity contribution in [3.63, 3.8) is 0 Å². The molecule has 1 fully saturated rings. The molecule has 2 N–H and O–H groups in total. The minimum absolute atomic E-state index is 0.128. The number of para-hydroxylation sites is 1. The number of carbonyl (C=O) groups is 1. The van der Waals surface area contributed by atoms with Gasteiger partial charge in [-0.15, -0.1) is 0 Å². The number of urea groups is 1. The van der Waals surface area contributed by atoms with Gasteiger partial charge in [0, 0.05) is 25.3 Å². The van der Waals surface area contributed by atoms with Crippen molar-refractivity contribution in [2.45, 2.75) is 26.7 Å². The number of carbonyl (C=O) groups excluding carboxylic acids is 1. The van der Waals surface area contributed by atoms with Gasteiger partial charge in [0.1, 0.15) is 0 Å². The van der Waals surface area contributed by atoms with Crippen molar-refractivity contribution in [3.05, 3.63) is 53.6 Å². The molecule has 1 aliphatic heterocycles. The topological polar surface area (TPSA) is 57.3 Å². The maximum absolute atomic E-state index is 12.2. The van der Waals surface area contributed by atoms with Gasteiger partial charge in [0.15, 0.2) is 5.13 Å². The van der Waals surface area contributed by atoms with E-state index in [9.17, 15) is 4.79 Å². The minimum Gasteiger partial charge on any atom is -0.348 e.